The summed E-state index contributed by atoms with van der Waals surface area (Å²) < 4.78 is 26.9. The number of nitrogens with zero attached hydrogens (tertiary/aromatic N) is 6. The van der Waals surface area contributed by atoms with Crippen LogP contribution in [0.25, 0.3) is 11.0 Å². The van der Waals surface area contributed by atoms with E-state index in [0.29, 0.717) is 35.8 Å². The summed E-state index contributed by atoms with van der Waals surface area (Å²) in [5, 5.41) is 11.2. The molecular weight excluding hydrogens is 456 g/mol. The summed E-state index contributed by atoms with van der Waals surface area (Å²) in [5.74, 6) is 0.755. The van der Waals surface area contributed by atoms with Gasteiger partial charge < -0.3 is 10.6 Å². The summed E-state index contributed by atoms with van der Waals surface area (Å²) >= 11 is 0. The van der Waals surface area contributed by atoms with Gasteiger partial charge in [0.2, 0.25) is 21.9 Å². The van der Waals surface area contributed by atoms with Gasteiger partial charge in [0, 0.05) is 42.8 Å². The Morgan fingerprint density at radius 2 is 2.03 bits per heavy atom. The first-order valence-corrected chi connectivity index (χ1v) is 12.4. The largest absolute Gasteiger partial charge is 0.326 e. The van der Waals surface area contributed by atoms with Gasteiger partial charge >= 0.3 is 0 Å². The van der Waals surface area contributed by atoms with Crippen LogP contribution in [0, 0.1) is 0 Å². The van der Waals surface area contributed by atoms with E-state index in [-0.39, 0.29) is 12.5 Å². The number of aryl methyl sites for hydroxylation is 1. The number of anilines is 4. The molecule has 0 spiro atoms. The van der Waals surface area contributed by atoms with Gasteiger partial charge in [-0.1, -0.05) is 6.07 Å². The second-order valence-corrected chi connectivity index (χ2v) is 10.1. The number of pyridine rings is 1. The Kier molecular flexibility index (Phi) is 5.36. The molecule has 0 aliphatic carbocycles. The van der Waals surface area contributed by atoms with Crippen LogP contribution in [-0.4, -0.2) is 52.4 Å². The van der Waals surface area contributed by atoms with Crippen molar-refractivity contribution in [2.45, 2.75) is 19.4 Å². The highest BCUT2D eigenvalue weighted by molar-refractivity contribution is 7.92. The van der Waals surface area contributed by atoms with Gasteiger partial charge in [-0.3, -0.25) is 9.10 Å². The first kappa shape index (κ1) is 21.8. The van der Waals surface area contributed by atoms with E-state index in [0.717, 1.165) is 32.9 Å². The maximum Gasteiger partial charge on any atom is 0.233 e. The second-order valence-electron chi connectivity index (χ2n) is 8.04. The maximum absolute atomic E-state index is 12.0. The van der Waals surface area contributed by atoms with Gasteiger partial charge in [0.05, 0.1) is 24.4 Å². The van der Waals surface area contributed by atoms with Gasteiger partial charge in [-0.15, -0.1) is 0 Å². The third-order valence-corrected chi connectivity index (χ3v) is 6.78. The Bertz CT molecular complexity index is 1520. The average molecular weight is 479 g/mol. The molecule has 3 aromatic heterocycles. The van der Waals surface area contributed by atoms with Crippen molar-refractivity contribution in [3.63, 3.8) is 0 Å². The smallest absolute Gasteiger partial charge is 0.233 e. The molecule has 4 aromatic rings. The van der Waals surface area contributed by atoms with Crippen LogP contribution in [0.4, 0.5) is 23.1 Å². The van der Waals surface area contributed by atoms with Crippen molar-refractivity contribution in [1.29, 1.82) is 0 Å². The highest BCUT2D eigenvalue weighted by Gasteiger charge is 2.19. The molecule has 34 heavy (non-hydrogen) atoms. The average Bonchev–Trinajstić information content (AvgIpc) is 3.20. The van der Waals surface area contributed by atoms with Crippen molar-refractivity contribution in [2.24, 2.45) is 0 Å². The van der Waals surface area contributed by atoms with Crippen molar-refractivity contribution >= 4 is 50.1 Å². The number of rotatable bonds is 6. The lowest BCUT2D eigenvalue weighted by molar-refractivity contribution is -0.116. The van der Waals surface area contributed by atoms with Crippen LogP contribution < -0.4 is 14.9 Å². The zero-order valence-corrected chi connectivity index (χ0v) is 19.4. The topological polar surface area (TPSA) is 135 Å². The molecule has 0 unspecified atom stereocenters. The van der Waals surface area contributed by atoms with Crippen LogP contribution in [0.5, 0.6) is 0 Å². The Hall–Kier alpha value is -4.06. The highest BCUT2D eigenvalue weighted by Crippen LogP contribution is 2.27. The first-order chi connectivity index (χ1) is 16.3. The van der Waals surface area contributed by atoms with E-state index in [4.69, 9.17) is 0 Å². The molecule has 1 aromatic carbocycles. The lowest BCUT2D eigenvalue weighted by atomic mass is 10.0. The van der Waals surface area contributed by atoms with Gasteiger partial charge in [-0.05, 0) is 36.2 Å². The third-order valence-electron chi connectivity index (χ3n) is 5.62. The molecular formula is C22H22N8O3S. The normalized spacial score (nSPS) is 13.4. The van der Waals surface area contributed by atoms with Crippen molar-refractivity contribution < 1.29 is 13.2 Å². The molecule has 0 bridgehead atoms. The molecule has 0 fully saturated rings. The number of sulfonamides is 1. The summed E-state index contributed by atoms with van der Waals surface area (Å²) in [6.07, 6.45) is 7.17. The van der Waals surface area contributed by atoms with E-state index in [2.05, 4.69) is 30.7 Å². The summed E-state index contributed by atoms with van der Waals surface area (Å²) in [4.78, 5) is 24.8. The SMILES string of the molecule is CN(c1ncccc1Cn1ncc2cnc(Nc3ccc4c(c3)CCC(=O)N4)nc21)S(C)(=O)=O. The van der Waals surface area contributed by atoms with Gasteiger partial charge in [-0.2, -0.15) is 10.1 Å². The number of aromatic nitrogens is 5. The maximum atomic E-state index is 12.0. The molecule has 11 nitrogen and oxygen atoms in total. The first-order valence-electron chi connectivity index (χ1n) is 10.5. The Morgan fingerprint density at radius 1 is 1.18 bits per heavy atom. The molecule has 5 rings (SSSR count). The second kappa shape index (κ2) is 8.37. The van der Waals surface area contributed by atoms with Gasteiger partial charge in [0.15, 0.2) is 5.65 Å². The highest BCUT2D eigenvalue weighted by atomic mass is 32.2. The van der Waals surface area contributed by atoms with Crippen LogP contribution in [-0.2, 0) is 27.8 Å². The summed E-state index contributed by atoms with van der Waals surface area (Å²) in [5.41, 5.74) is 3.96. The van der Waals surface area contributed by atoms with Gasteiger partial charge in [0.25, 0.3) is 0 Å². The van der Waals surface area contributed by atoms with E-state index in [9.17, 15) is 13.2 Å². The third kappa shape index (κ3) is 4.27. The van der Waals surface area contributed by atoms with Crippen molar-refractivity contribution in [3.05, 3.63) is 60.0 Å². The standard InChI is InChI=1S/C22H22N8O3S/c1-29(34(2,32)33)20-15(4-3-9-23-20)13-30-21-16(12-25-30)11-24-22(28-21)26-17-6-7-18-14(10-17)5-8-19(31)27-18/h3-4,6-7,9-12H,5,8,13H2,1-2H3,(H,27,31)(H,24,26,28). The Balaban J connectivity index is 1.43. The van der Waals surface area contributed by atoms with E-state index < -0.39 is 10.0 Å². The number of carbonyl (C=O) groups is 1. The molecule has 1 amide bonds. The van der Waals surface area contributed by atoms with E-state index in [1.165, 1.54) is 7.05 Å². The predicted octanol–water partition coefficient (Wildman–Crippen LogP) is 2.29. The van der Waals surface area contributed by atoms with Crippen molar-refractivity contribution in [2.75, 3.05) is 28.2 Å². The number of hydrogen-bond donors (Lipinski definition) is 2. The van der Waals surface area contributed by atoms with Crippen LogP contribution in [0.3, 0.4) is 0 Å². The number of benzene rings is 1. The van der Waals surface area contributed by atoms with Crippen LogP contribution in [0.1, 0.15) is 17.5 Å². The van der Waals surface area contributed by atoms with Crippen molar-refractivity contribution in [3.8, 4) is 0 Å². The van der Waals surface area contributed by atoms with Crippen LogP contribution in [0.15, 0.2) is 48.9 Å². The molecule has 2 N–H and O–H groups in total. The quantitative estimate of drug-likeness (QED) is 0.431. The molecule has 0 saturated heterocycles. The Labute approximate surface area is 195 Å². The van der Waals surface area contributed by atoms with E-state index in [1.54, 1.807) is 29.3 Å². The summed E-state index contributed by atoms with van der Waals surface area (Å²) in [7, 11) is -2.00. The number of fused-ring (bicyclic) bond motifs is 2. The minimum absolute atomic E-state index is 0.0229. The molecule has 1 aliphatic heterocycles. The number of carbonyl (C=O) groups excluding carboxylic acids is 1. The van der Waals surface area contributed by atoms with E-state index >= 15 is 0 Å². The monoisotopic (exact) mass is 478 g/mol. The zero-order chi connectivity index (χ0) is 23.9. The molecule has 1 aliphatic rings. The molecule has 12 heteroatoms. The number of nitrogens with one attached hydrogen (secondary N) is 2. The van der Waals surface area contributed by atoms with E-state index in [1.807, 2.05) is 24.3 Å². The summed E-state index contributed by atoms with van der Waals surface area (Å²) in [6.45, 7) is 0.279. The summed E-state index contributed by atoms with van der Waals surface area (Å²) in [6, 6.07) is 9.26. The molecule has 0 radical (unpaired) electrons. The zero-order valence-electron chi connectivity index (χ0n) is 18.6. The van der Waals surface area contributed by atoms with Crippen LogP contribution >= 0.6 is 0 Å². The molecule has 0 atom stereocenters. The fourth-order valence-corrected chi connectivity index (χ4v) is 4.27. The fraction of sp³-hybridized carbons (Fsp3) is 0.227. The fourth-order valence-electron chi connectivity index (χ4n) is 3.79. The van der Waals surface area contributed by atoms with Crippen LogP contribution in [0.2, 0.25) is 0 Å². The molecule has 0 saturated carbocycles. The Morgan fingerprint density at radius 3 is 2.85 bits per heavy atom. The lowest BCUT2D eigenvalue weighted by Gasteiger charge is -2.19. The van der Waals surface area contributed by atoms with Gasteiger partial charge in [-0.25, -0.2) is 23.1 Å². The number of amides is 1. The number of hydrogen-bond acceptors (Lipinski definition) is 8. The van der Waals surface area contributed by atoms with Crippen molar-refractivity contribution in [1.82, 2.24) is 24.7 Å². The minimum Gasteiger partial charge on any atom is -0.326 e. The predicted molar refractivity (Wildman–Crippen MR) is 129 cm³/mol. The van der Waals surface area contributed by atoms with Gasteiger partial charge in [0.1, 0.15) is 5.82 Å². The lowest BCUT2D eigenvalue weighted by Crippen LogP contribution is -2.27. The minimum atomic E-state index is -3.47. The molecule has 4 heterocycles. The molecule has 174 valence electrons.